The van der Waals surface area contributed by atoms with Crippen molar-refractivity contribution >= 4 is 5.97 Å². The van der Waals surface area contributed by atoms with Gasteiger partial charge >= 0.3 is 5.97 Å². The molecule has 0 N–H and O–H groups in total. The monoisotopic (exact) mass is 167 g/mol. The number of methoxy groups -OCH3 is 1. The third-order valence-electron chi connectivity index (χ3n) is 1.06. The Morgan fingerprint density at radius 1 is 1.42 bits per heavy atom. The molecular formula is C9H13NO2. The van der Waals surface area contributed by atoms with Gasteiger partial charge in [-0.1, -0.05) is 19.9 Å². The lowest BCUT2D eigenvalue weighted by molar-refractivity contribution is 0.0594. The van der Waals surface area contributed by atoms with E-state index in [0.29, 0.717) is 5.69 Å². The highest BCUT2D eigenvalue weighted by Crippen LogP contribution is 1.93. The topological polar surface area (TPSA) is 39.2 Å². The van der Waals surface area contributed by atoms with Crippen LogP contribution >= 0.6 is 0 Å². The Hall–Kier alpha value is -1.38. The molecule has 0 radical (unpaired) electrons. The van der Waals surface area contributed by atoms with Crippen LogP contribution in [0.3, 0.4) is 0 Å². The second kappa shape index (κ2) is 6.34. The lowest BCUT2D eigenvalue weighted by Gasteiger charge is -1.94. The first kappa shape index (κ1) is 10.6. The zero-order valence-electron chi connectivity index (χ0n) is 7.57. The zero-order chi connectivity index (χ0) is 9.40. The molecule has 0 fully saturated rings. The maximum Gasteiger partial charge on any atom is 0.356 e. The highest BCUT2D eigenvalue weighted by molar-refractivity contribution is 5.86. The number of aromatic nitrogens is 1. The van der Waals surface area contributed by atoms with E-state index in [2.05, 4.69) is 9.72 Å². The molecule has 0 spiro atoms. The number of carbonyl (C=O) groups is 1. The molecule has 0 saturated carbocycles. The van der Waals surface area contributed by atoms with E-state index >= 15 is 0 Å². The molecule has 1 heterocycles. The van der Waals surface area contributed by atoms with Gasteiger partial charge < -0.3 is 4.74 Å². The number of hydrogen-bond donors (Lipinski definition) is 0. The van der Waals surface area contributed by atoms with Crippen LogP contribution in [0.2, 0.25) is 0 Å². The number of nitrogens with zero attached hydrogens (tertiary/aromatic N) is 1. The maximum atomic E-state index is 10.7. The van der Waals surface area contributed by atoms with E-state index in [1.165, 1.54) is 7.11 Å². The van der Waals surface area contributed by atoms with E-state index in [1.54, 1.807) is 24.4 Å². The molecule has 0 unspecified atom stereocenters. The number of rotatable bonds is 1. The van der Waals surface area contributed by atoms with Crippen LogP contribution < -0.4 is 0 Å². The predicted molar refractivity (Wildman–Crippen MR) is 46.9 cm³/mol. The second-order valence-corrected chi connectivity index (χ2v) is 1.71. The average molecular weight is 167 g/mol. The number of carbonyl (C=O) groups excluding carboxylic acids is 1. The lowest BCUT2D eigenvalue weighted by Crippen LogP contribution is -2.02. The Morgan fingerprint density at radius 2 is 2.08 bits per heavy atom. The van der Waals surface area contributed by atoms with E-state index in [0.717, 1.165) is 0 Å². The van der Waals surface area contributed by atoms with Gasteiger partial charge in [-0.3, -0.25) is 0 Å². The Labute approximate surface area is 72.4 Å². The highest BCUT2D eigenvalue weighted by Gasteiger charge is 2.02. The van der Waals surface area contributed by atoms with E-state index in [-0.39, 0.29) is 0 Å². The van der Waals surface area contributed by atoms with Gasteiger partial charge in [0.2, 0.25) is 0 Å². The van der Waals surface area contributed by atoms with E-state index in [4.69, 9.17) is 0 Å². The summed E-state index contributed by atoms with van der Waals surface area (Å²) >= 11 is 0. The van der Waals surface area contributed by atoms with Gasteiger partial charge in [0.1, 0.15) is 5.69 Å². The first-order chi connectivity index (χ1) is 5.84. The van der Waals surface area contributed by atoms with Gasteiger partial charge in [-0.05, 0) is 12.1 Å². The fourth-order valence-corrected chi connectivity index (χ4v) is 0.588. The Morgan fingerprint density at radius 3 is 2.50 bits per heavy atom. The van der Waals surface area contributed by atoms with Crippen molar-refractivity contribution in [3.8, 4) is 0 Å². The molecule has 0 bridgehead atoms. The number of pyridine rings is 1. The van der Waals surface area contributed by atoms with Crippen LogP contribution in [0.1, 0.15) is 24.3 Å². The quantitative estimate of drug-likeness (QED) is 0.599. The van der Waals surface area contributed by atoms with Crippen LogP contribution in [0, 0.1) is 0 Å². The maximum absolute atomic E-state index is 10.7. The molecule has 0 atom stereocenters. The van der Waals surface area contributed by atoms with Crippen molar-refractivity contribution in [3.05, 3.63) is 30.1 Å². The number of hydrogen-bond acceptors (Lipinski definition) is 3. The summed E-state index contributed by atoms with van der Waals surface area (Å²) in [7, 11) is 1.33. The molecule has 3 heteroatoms. The molecule has 0 saturated heterocycles. The molecule has 0 aliphatic carbocycles. The lowest BCUT2D eigenvalue weighted by atomic mass is 10.4. The smallest absolute Gasteiger partial charge is 0.356 e. The summed E-state index contributed by atoms with van der Waals surface area (Å²) < 4.78 is 4.43. The minimum Gasteiger partial charge on any atom is -0.464 e. The van der Waals surface area contributed by atoms with Crippen molar-refractivity contribution in [1.29, 1.82) is 0 Å². The molecular weight excluding hydrogens is 154 g/mol. The summed E-state index contributed by atoms with van der Waals surface area (Å²) in [6, 6.07) is 5.08. The van der Waals surface area contributed by atoms with Crippen molar-refractivity contribution in [1.82, 2.24) is 4.98 Å². The van der Waals surface area contributed by atoms with Crippen molar-refractivity contribution in [2.75, 3.05) is 7.11 Å². The van der Waals surface area contributed by atoms with Crippen molar-refractivity contribution in [2.24, 2.45) is 0 Å². The highest BCUT2D eigenvalue weighted by atomic mass is 16.5. The number of esters is 1. The normalized spacial score (nSPS) is 7.92. The third-order valence-corrected chi connectivity index (χ3v) is 1.06. The molecule has 0 aliphatic heterocycles. The Bertz CT molecular complexity index is 221. The van der Waals surface area contributed by atoms with Gasteiger partial charge in [0.05, 0.1) is 7.11 Å². The van der Waals surface area contributed by atoms with Gasteiger partial charge in [-0.25, -0.2) is 9.78 Å². The van der Waals surface area contributed by atoms with Gasteiger partial charge in [-0.2, -0.15) is 0 Å². The minimum atomic E-state index is -0.402. The molecule has 1 aromatic heterocycles. The predicted octanol–water partition coefficient (Wildman–Crippen LogP) is 1.89. The minimum absolute atomic E-state index is 0.338. The first-order valence-electron chi connectivity index (χ1n) is 3.84. The standard InChI is InChI=1S/C7H7NO2.C2H6/c1-10-7(9)6-4-2-3-5-8-6;1-2/h2-5H,1H3;1-2H3. The molecule has 66 valence electrons. The van der Waals surface area contributed by atoms with Crippen LogP contribution in [0.15, 0.2) is 24.4 Å². The Balaban J connectivity index is 0.000000561. The fraction of sp³-hybridized carbons (Fsp3) is 0.333. The summed E-state index contributed by atoms with van der Waals surface area (Å²) in [6.45, 7) is 4.00. The van der Waals surface area contributed by atoms with E-state index in [1.807, 2.05) is 13.8 Å². The summed E-state index contributed by atoms with van der Waals surface area (Å²) in [6.07, 6.45) is 1.55. The summed E-state index contributed by atoms with van der Waals surface area (Å²) in [5.74, 6) is -0.402. The van der Waals surface area contributed by atoms with Gasteiger partial charge in [0.25, 0.3) is 0 Å². The van der Waals surface area contributed by atoms with Crippen LogP contribution in [-0.4, -0.2) is 18.1 Å². The summed E-state index contributed by atoms with van der Waals surface area (Å²) in [4.78, 5) is 14.5. The van der Waals surface area contributed by atoms with Crippen LogP contribution in [0.5, 0.6) is 0 Å². The molecule has 0 aromatic carbocycles. The summed E-state index contributed by atoms with van der Waals surface area (Å²) in [5, 5.41) is 0. The second-order valence-electron chi connectivity index (χ2n) is 1.71. The zero-order valence-corrected chi connectivity index (χ0v) is 7.57. The summed E-state index contributed by atoms with van der Waals surface area (Å²) in [5.41, 5.74) is 0.338. The molecule has 1 aromatic rings. The molecule has 3 nitrogen and oxygen atoms in total. The molecule has 0 aliphatic rings. The van der Waals surface area contributed by atoms with Gasteiger partial charge in [0, 0.05) is 6.20 Å². The van der Waals surface area contributed by atoms with E-state index < -0.39 is 5.97 Å². The Kier molecular flexibility index (Phi) is 5.61. The first-order valence-corrected chi connectivity index (χ1v) is 3.84. The van der Waals surface area contributed by atoms with Crippen LogP contribution in [0.25, 0.3) is 0 Å². The third kappa shape index (κ3) is 3.14. The average Bonchev–Trinajstić information content (AvgIpc) is 2.21. The van der Waals surface area contributed by atoms with Gasteiger partial charge in [-0.15, -0.1) is 0 Å². The largest absolute Gasteiger partial charge is 0.464 e. The van der Waals surface area contributed by atoms with Gasteiger partial charge in [0.15, 0.2) is 0 Å². The van der Waals surface area contributed by atoms with E-state index in [9.17, 15) is 4.79 Å². The van der Waals surface area contributed by atoms with Crippen molar-refractivity contribution in [2.45, 2.75) is 13.8 Å². The van der Waals surface area contributed by atoms with Crippen molar-refractivity contribution < 1.29 is 9.53 Å². The van der Waals surface area contributed by atoms with Crippen LogP contribution in [-0.2, 0) is 4.74 Å². The number of ether oxygens (including phenoxy) is 1. The molecule has 1 rings (SSSR count). The molecule has 0 amide bonds. The molecule has 12 heavy (non-hydrogen) atoms. The fourth-order valence-electron chi connectivity index (χ4n) is 0.588. The SMILES string of the molecule is CC.COC(=O)c1ccccn1. The van der Waals surface area contributed by atoms with Crippen LogP contribution in [0.4, 0.5) is 0 Å². The van der Waals surface area contributed by atoms with Crippen molar-refractivity contribution in [3.63, 3.8) is 0 Å².